The Morgan fingerprint density at radius 2 is 2.06 bits per heavy atom. The van der Waals surface area contributed by atoms with Crippen LogP contribution in [-0.2, 0) is 13.1 Å². The van der Waals surface area contributed by atoms with E-state index in [1.54, 1.807) is 0 Å². The first-order chi connectivity index (χ1) is 8.21. The minimum atomic E-state index is -0.151. The third kappa shape index (κ3) is 3.54. The first kappa shape index (κ1) is 14.2. The molecule has 0 fully saturated rings. The molecule has 1 rings (SSSR count). The highest BCUT2D eigenvalue weighted by Gasteiger charge is 2.24. The van der Waals surface area contributed by atoms with Gasteiger partial charge >= 0.3 is 0 Å². The molecule has 0 aromatic carbocycles. The van der Waals surface area contributed by atoms with Crippen LogP contribution in [0.25, 0.3) is 0 Å². The van der Waals surface area contributed by atoms with Crippen LogP contribution in [-0.4, -0.2) is 27.0 Å². The Balaban J connectivity index is 2.62. The van der Waals surface area contributed by atoms with Crippen LogP contribution in [0, 0.1) is 0 Å². The van der Waals surface area contributed by atoms with Crippen LogP contribution in [0.2, 0.25) is 0 Å². The van der Waals surface area contributed by atoms with Gasteiger partial charge in [-0.25, -0.2) is 0 Å². The van der Waals surface area contributed by atoms with E-state index in [2.05, 4.69) is 31.2 Å². The van der Waals surface area contributed by atoms with E-state index in [0.717, 1.165) is 32.4 Å². The molecule has 0 radical (unpaired) electrons. The fraction of sp³-hybridized carbons (Fsp3) is 0.769. The third-order valence-corrected chi connectivity index (χ3v) is 3.54. The first-order valence-corrected chi connectivity index (χ1v) is 6.58. The van der Waals surface area contributed by atoms with Gasteiger partial charge in [0.2, 0.25) is 0 Å². The van der Waals surface area contributed by atoms with E-state index in [-0.39, 0.29) is 12.1 Å². The molecular formula is C13H25N3O. The molecule has 0 amide bonds. The molecule has 0 atom stereocenters. The van der Waals surface area contributed by atoms with E-state index in [0.29, 0.717) is 0 Å². The normalized spacial score (nSPS) is 12.0. The van der Waals surface area contributed by atoms with Gasteiger partial charge in [-0.3, -0.25) is 4.68 Å². The van der Waals surface area contributed by atoms with Crippen molar-refractivity contribution in [2.45, 2.75) is 58.7 Å². The molecule has 1 heterocycles. The predicted molar refractivity (Wildman–Crippen MR) is 69.8 cm³/mol. The standard InChI is InChI=1S/C13H25N3O/c1-4-9-16-12(7-8-15-16)10-14-13(5-2,6-3)11-17/h7-8,14,17H,4-6,9-11H2,1-3H3. The number of aromatic nitrogens is 2. The molecule has 1 aromatic rings. The molecule has 98 valence electrons. The summed E-state index contributed by atoms with van der Waals surface area (Å²) in [6, 6.07) is 2.04. The topological polar surface area (TPSA) is 50.1 Å². The Hall–Kier alpha value is -0.870. The van der Waals surface area contributed by atoms with E-state index < -0.39 is 0 Å². The van der Waals surface area contributed by atoms with Gasteiger partial charge in [0, 0.05) is 24.8 Å². The monoisotopic (exact) mass is 239 g/mol. The van der Waals surface area contributed by atoms with Gasteiger partial charge in [0.05, 0.1) is 12.3 Å². The van der Waals surface area contributed by atoms with Crippen LogP contribution in [0.4, 0.5) is 0 Å². The SMILES string of the molecule is CCCn1nccc1CNC(CC)(CC)CO. The van der Waals surface area contributed by atoms with Crippen molar-refractivity contribution in [3.05, 3.63) is 18.0 Å². The maximum atomic E-state index is 9.49. The second kappa shape index (κ2) is 6.77. The van der Waals surface area contributed by atoms with Crippen LogP contribution in [0.15, 0.2) is 12.3 Å². The largest absolute Gasteiger partial charge is 0.394 e. The van der Waals surface area contributed by atoms with Crippen LogP contribution in [0.5, 0.6) is 0 Å². The molecule has 4 heteroatoms. The molecule has 2 N–H and O–H groups in total. The lowest BCUT2D eigenvalue weighted by atomic mass is 9.94. The molecule has 0 spiro atoms. The van der Waals surface area contributed by atoms with Crippen LogP contribution >= 0.6 is 0 Å². The lowest BCUT2D eigenvalue weighted by Gasteiger charge is -2.31. The number of aliphatic hydroxyl groups excluding tert-OH is 1. The van der Waals surface area contributed by atoms with E-state index in [4.69, 9.17) is 0 Å². The zero-order valence-electron chi connectivity index (χ0n) is 11.2. The van der Waals surface area contributed by atoms with Crippen LogP contribution < -0.4 is 5.32 Å². The van der Waals surface area contributed by atoms with Gasteiger partial charge in [-0.1, -0.05) is 20.8 Å². The summed E-state index contributed by atoms with van der Waals surface area (Å²) < 4.78 is 2.03. The fourth-order valence-corrected chi connectivity index (χ4v) is 1.98. The second-order valence-corrected chi connectivity index (χ2v) is 4.54. The minimum absolute atomic E-state index is 0.151. The van der Waals surface area contributed by atoms with Crippen molar-refractivity contribution in [1.29, 1.82) is 0 Å². The van der Waals surface area contributed by atoms with Crippen molar-refractivity contribution in [3.63, 3.8) is 0 Å². The van der Waals surface area contributed by atoms with Crippen molar-refractivity contribution in [3.8, 4) is 0 Å². The molecule has 0 aliphatic heterocycles. The van der Waals surface area contributed by atoms with Gasteiger partial charge in [0.15, 0.2) is 0 Å². The molecule has 0 saturated heterocycles. The van der Waals surface area contributed by atoms with Crippen LogP contribution in [0.1, 0.15) is 45.7 Å². The van der Waals surface area contributed by atoms with Crippen molar-refractivity contribution in [1.82, 2.24) is 15.1 Å². The lowest BCUT2D eigenvalue weighted by molar-refractivity contribution is 0.148. The number of nitrogens with zero attached hydrogens (tertiary/aromatic N) is 2. The quantitative estimate of drug-likeness (QED) is 0.729. The van der Waals surface area contributed by atoms with E-state index in [1.165, 1.54) is 5.69 Å². The number of aryl methyl sites for hydroxylation is 1. The number of nitrogens with one attached hydrogen (secondary N) is 1. The molecule has 0 bridgehead atoms. The third-order valence-electron chi connectivity index (χ3n) is 3.54. The molecule has 0 aliphatic carbocycles. The zero-order valence-corrected chi connectivity index (χ0v) is 11.2. The van der Waals surface area contributed by atoms with Crippen molar-refractivity contribution >= 4 is 0 Å². The summed E-state index contributed by atoms with van der Waals surface area (Å²) in [5.74, 6) is 0. The maximum absolute atomic E-state index is 9.49. The summed E-state index contributed by atoms with van der Waals surface area (Å²) in [5.41, 5.74) is 1.04. The summed E-state index contributed by atoms with van der Waals surface area (Å²) in [7, 11) is 0. The maximum Gasteiger partial charge on any atom is 0.0613 e. The number of hydrogen-bond donors (Lipinski definition) is 2. The van der Waals surface area contributed by atoms with Gasteiger partial charge in [-0.15, -0.1) is 0 Å². The Bertz CT molecular complexity index is 310. The van der Waals surface area contributed by atoms with Gasteiger partial charge in [-0.2, -0.15) is 5.10 Å². The molecule has 0 saturated carbocycles. The highest BCUT2D eigenvalue weighted by atomic mass is 16.3. The lowest BCUT2D eigenvalue weighted by Crippen LogP contribution is -2.47. The van der Waals surface area contributed by atoms with E-state index in [9.17, 15) is 5.11 Å². The van der Waals surface area contributed by atoms with Gasteiger partial charge in [0.25, 0.3) is 0 Å². The number of rotatable bonds is 8. The van der Waals surface area contributed by atoms with Gasteiger partial charge in [0.1, 0.15) is 0 Å². The van der Waals surface area contributed by atoms with Crippen molar-refractivity contribution in [2.75, 3.05) is 6.61 Å². The molecular weight excluding hydrogens is 214 g/mol. The molecule has 4 nitrogen and oxygen atoms in total. The molecule has 1 aromatic heterocycles. The highest BCUT2D eigenvalue weighted by Crippen LogP contribution is 2.15. The summed E-state index contributed by atoms with van der Waals surface area (Å²) in [4.78, 5) is 0. The molecule has 0 unspecified atom stereocenters. The summed E-state index contributed by atoms with van der Waals surface area (Å²) in [6.07, 6.45) is 4.79. The van der Waals surface area contributed by atoms with E-state index in [1.807, 2.05) is 16.9 Å². The Morgan fingerprint density at radius 3 is 2.59 bits per heavy atom. The van der Waals surface area contributed by atoms with Gasteiger partial charge in [-0.05, 0) is 25.3 Å². The van der Waals surface area contributed by atoms with Crippen molar-refractivity contribution < 1.29 is 5.11 Å². The average Bonchev–Trinajstić information content (AvgIpc) is 2.80. The summed E-state index contributed by atoms with van der Waals surface area (Å²) in [6.45, 7) is 8.26. The summed E-state index contributed by atoms with van der Waals surface area (Å²) in [5, 5.41) is 17.3. The number of hydrogen-bond acceptors (Lipinski definition) is 3. The number of aliphatic hydroxyl groups is 1. The molecule has 0 aliphatic rings. The summed E-state index contributed by atoms with van der Waals surface area (Å²) >= 11 is 0. The Morgan fingerprint density at radius 1 is 1.35 bits per heavy atom. The zero-order chi connectivity index (χ0) is 12.7. The van der Waals surface area contributed by atoms with Crippen molar-refractivity contribution in [2.24, 2.45) is 0 Å². The smallest absolute Gasteiger partial charge is 0.0613 e. The fourth-order valence-electron chi connectivity index (χ4n) is 1.98. The van der Waals surface area contributed by atoms with E-state index >= 15 is 0 Å². The second-order valence-electron chi connectivity index (χ2n) is 4.54. The Labute approximate surface area is 104 Å². The average molecular weight is 239 g/mol. The minimum Gasteiger partial charge on any atom is -0.394 e. The highest BCUT2D eigenvalue weighted by molar-refractivity contribution is 5.01. The first-order valence-electron chi connectivity index (χ1n) is 6.58. The van der Waals surface area contributed by atoms with Gasteiger partial charge < -0.3 is 10.4 Å². The predicted octanol–water partition coefficient (Wildman–Crippen LogP) is 1.93. The van der Waals surface area contributed by atoms with Crippen LogP contribution in [0.3, 0.4) is 0 Å². The Kier molecular flexibility index (Phi) is 5.65. The molecule has 17 heavy (non-hydrogen) atoms.